The lowest BCUT2D eigenvalue weighted by Crippen LogP contribution is -2.55. The largest absolute Gasteiger partial charge is 0.393 e. The number of nitrogens with one attached hydrogen (secondary N) is 1. The fourth-order valence-corrected chi connectivity index (χ4v) is 6.89. The second-order valence-corrected chi connectivity index (χ2v) is 11.7. The summed E-state index contributed by atoms with van der Waals surface area (Å²) in [7, 11) is 0. The zero-order valence-electron chi connectivity index (χ0n) is 20.9. The van der Waals surface area contributed by atoms with Gasteiger partial charge in [0.05, 0.1) is 28.4 Å². The SMILES string of the molecule is O=C1NC(=O)c2ccccc21.O=C1c2ccccc2C(=O)N1C1CC2(CCC2)C1.OC1CC2(CCC2)C1. The average Bonchev–Trinajstić information content (AvgIpc) is 3.23. The lowest BCUT2D eigenvalue weighted by Gasteiger charge is -2.55. The second-order valence-electron chi connectivity index (χ2n) is 11.7. The quantitative estimate of drug-likeness (QED) is 0.562. The Kier molecular flexibility index (Phi) is 5.79. The predicted molar refractivity (Wildman–Crippen MR) is 136 cm³/mol. The van der Waals surface area contributed by atoms with Gasteiger partial charge in [-0.15, -0.1) is 0 Å². The average molecular weight is 501 g/mol. The van der Waals surface area contributed by atoms with Crippen molar-refractivity contribution >= 4 is 23.6 Å². The molecule has 2 aromatic rings. The van der Waals surface area contributed by atoms with Gasteiger partial charge in [0, 0.05) is 6.04 Å². The van der Waals surface area contributed by atoms with Gasteiger partial charge in [-0.1, -0.05) is 37.1 Å². The minimum atomic E-state index is -0.300. The molecule has 2 spiro atoms. The third kappa shape index (κ3) is 4.09. The molecule has 2 N–H and O–H groups in total. The summed E-state index contributed by atoms with van der Waals surface area (Å²) in [5.74, 6) is -0.777. The van der Waals surface area contributed by atoms with Gasteiger partial charge >= 0.3 is 0 Å². The van der Waals surface area contributed by atoms with Gasteiger partial charge in [-0.05, 0) is 86.5 Å². The standard InChI is InChI=1S/C15H15NO2.C8H5NO2.C7H12O/c17-13-11-4-1-2-5-12(11)14(18)16(13)10-8-15(9-10)6-3-7-15;10-7-5-3-1-2-4-6(5)8(11)9-7;8-6-4-7(5-6)2-1-3-7/h1-2,4-5,10H,3,6-9H2;1-4H,(H,9,10,11);6,8H,1-5H2. The van der Waals surface area contributed by atoms with Crippen molar-refractivity contribution in [1.82, 2.24) is 10.2 Å². The number of rotatable bonds is 1. The highest BCUT2D eigenvalue weighted by Crippen LogP contribution is 2.58. The van der Waals surface area contributed by atoms with Crippen molar-refractivity contribution in [2.24, 2.45) is 10.8 Å². The van der Waals surface area contributed by atoms with Crippen LogP contribution in [-0.4, -0.2) is 45.8 Å². The van der Waals surface area contributed by atoms with Gasteiger partial charge in [-0.3, -0.25) is 29.4 Å². The summed E-state index contributed by atoms with van der Waals surface area (Å²) in [5, 5.41) is 11.2. The van der Waals surface area contributed by atoms with Gasteiger partial charge in [-0.25, -0.2) is 0 Å². The van der Waals surface area contributed by atoms with Gasteiger partial charge in [-0.2, -0.15) is 0 Å². The van der Waals surface area contributed by atoms with Crippen LogP contribution in [0.1, 0.15) is 106 Å². The predicted octanol–water partition coefficient (Wildman–Crippen LogP) is 4.50. The Morgan fingerprint density at radius 1 is 0.649 bits per heavy atom. The summed E-state index contributed by atoms with van der Waals surface area (Å²) in [4.78, 5) is 47.9. The summed E-state index contributed by atoms with van der Waals surface area (Å²) >= 11 is 0. The first-order valence-electron chi connectivity index (χ1n) is 13.4. The van der Waals surface area contributed by atoms with Crippen molar-refractivity contribution in [3.63, 3.8) is 0 Å². The fourth-order valence-electron chi connectivity index (χ4n) is 6.89. The van der Waals surface area contributed by atoms with E-state index in [1.807, 2.05) is 12.1 Å². The van der Waals surface area contributed by atoms with Crippen LogP contribution in [0.3, 0.4) is 0 Å². The number of carbonyl (C=O) groups excluding carboxylic acids is 4. The molecule has 7 heteroatoms. The number of aliphatic hydroxyl groups excluding tert-OH is 1. The minimum absolute atomic E-state index is 0.0651. The van der Waals surface area contributed by atoms with Crippen molar-refractivity contribution in [3.8, 4) is 0 Å². The second kappa shape index (κ2) is 8.91. The maximum absolute atomic E-state index is 12.3. The Bertz CT molecular complexity index is 1210. The van der Waals surface area contributed by atoms with Crippen LogP contribution >= 0.6 is 0 Å². The third-order valence-corrected chi connectivity index (χ3v) is 9.34. The smallest absolute Gasteiger partial charge is 0.261 e. The molecule has 0 aromatic heterocycles. The summed E-state index contributed by atoms with van der Waals surface area (Å²) in [5.41, 5.74) is 3.25. The van der Waals surface area contributed by atoms with Gasteiger partial charge in [0.1, 0.15) is 0 Å². The van der Waals surface area contributed by atoms with Crippen molar-refractivity contribution in [3.05, 3.63) is 70.8 Å². The molecule has 0 radical (unpaired) electrons. The molecule has 192 valence electrons. The zero-order valence-corrected chi connectivity index (χ0v) is 20.9. The summed E-state index contributed by atoms with van der Waals surface area (Å²) < 4.78 is 0. The number of amides is 4. The minimum Gasteiger partial charge on any atom is -0.393 e. The Morgan fingerprint density at radius 2 is 1.05 bits per heavy atom. The molecular weight excluding hydrogens is 468 g/mol. The summed E-state index contributed by atoms with van der Waals surface area (Å²) in [6.07, 6.45) is 12.4. The maximum atomic E-state index is 12.3. The number of imide groups is 2. The van der Waals surface area contributed by atoms with Gasteiger partial charge in [0.15, 0.2) is 0 Å². The lowest BCUT2D eigenvalue weighted by atomic mass is 9.54. The normalized spacial score (nSPS) is 25.3. The number of carbonyl (C=O) groups is 4. The van der Waals surface area contributed by atoms with Crippen molar-refractivity contribution < 1.29 is 24.3 Å². The Balaban J connectivity index is 0.000000113. The topological polar surface area (TPSA) is 104 Å². The van der Waals surface area contributed by atoms with Crippen LogP contribution in [0.5, 0.6) is 0 Å². The van der Waals surface area contributed by atoms with E-state index in [1.54, 1.807) is 36.4 Å². The van der Waals surface area contributed by atoms with Crippen LogP contribution in [0.4, 0.5) is 0 Å². The first kappa shape index (κ1) is 24.0. The molecule has 0 saturated heterocycles. The maximum Gasteiger partial charge on any atom is 0.261 e. The Hall–Kier alpha value is -3.32. The van der Waals surface area contributed by atoms with E-state index in [1.165, 1.54) is 43.4 Å². The fraction of sp³-hybridized carbons (Fsp3) is 0.467. The molecule has 6 aliphatic rings. The van der Waals surface area contributed by atoms with Gasteiger partial charge in [0.2, 0.25) is 0 Å². The van der Waals surface area contributed by atoms with Gasteiger partial charge < -0.3 is 5.11 Å². The number of benzene rings is 2. The first-order chi connectivity index (χ1) is 17.8. The van der Waals surface area contributed by atoms with Crippen molar-refractivity contribution in [1.29, 1.82) is 0 Å². The van der Waals surface area contributed by atoms with Crippen LogP contribution in [-0.2, 0) is 0 Å². The molecule has 0 bridgehead atoms. The molecule has 2 heterocycles. The van der Waals surface area contributed by atoms with E-state index < -0.39 is 0 Å². The number of nitrogens with zero attached hydrogens (tertiary/aromatic N) is 1. The molecule has 2 aromatic carbocycles. The van der Waals surface area contributed by atoms with E-state index in [2.05, 4.69) is 5.32 Å². The molecule has 4 amide bonds. The molecule has 4 saturated carbocycles. The molecular formula is C30H32N2O5. The number of hydrogen-bond donors (Lipinski definition) is 2. The van der Waals surface area contributed by atoms with Crippen LogP contribution < -0.4 is 5.32 Å². The molecule has 2 aliphatic heterocycles. The molecule has 0 atom stereocenters. The van der Waals surface area contributed by atoms with Crippen molar-refractivity contribution in [2.45, 2.75) is 76.4 Å². The Morgan fingerprint density at radius 3 is 1.41 bits per heavy atom. The molecule has 7 nitrogen and oxygen atoms in total. The van der Waals surface area contributed by atoms with E-state index in [0.29, 0.717) is 33.1 Å². The molecule has 8 rings (SSSR count). The number of fused-ring (bicyclic) bond motifs is 2. The molecule has 4 fully saturated rings. The van der Waals surface area contributed by atoms with Crippen LogP contribution in [0.15, 0.2) is 48.5 Å². The summed E-state index contributed by atoms with van der Waals surface area (Å²) in [6.45, 7) is 0. The van der Waals surface area contributed by atoms with Crippen molar-refractivity contribution in [2.75, 3.05) is 0 Å². The van der Waals surface area contributed by atoms with Gasteiger partial charge in [0.25, 0.3) is 23.6 Å². The van der Waals surface area contributed by atoms with Crippen LogP contribution in [0.25, 0.3) is 0 Å². The van der Waals surface area contributed by atoms with E-state index in [9.17, 15) is 19.2 Å². The monoisotopic (exact) mass is 500 g/mol. The highest BCUT2D eigenvalue weighted by molar-refractivity contribution is 6.22. The van der Waals surface area contributed by atoms with Crippen LogP contribution in [0.2, 0.25) is 0 Å². The third-order valence-electron chi connectivity index (χ3n) is 9.34. The molecule has 4 aliphatic carbocycles. The first-order valence-corrected chi connectivity index (χ1v) is 13.4. The summed E-state index contributed by atoms with van der Waals surface area (Å²) in [6, 6.07) is 14.0. The lowest BCUT2D eigenvalue weighted by molar-refractivity contribution is -0.0811. The highest BCUT2D eigenvalue weighted by Gasteiger charge is 2.54. The molecule has 0 unspecified atom stereocenters. The Labute approximate surface area is 216 Å². The highest BCUT2D eigenvalue weighted by atomic mass is 16.3. The van der Waals surface area contributed by atoms with E-state index in [-0.39, 0.29) is 35.8 Å². The molecule has 37 heavy (non-hydrogen) atoms. The van der Waals surface area contributed by atoms with E-state index in [4.69, 9.17) is 5.11 Å². The zero-order chi connectivity index (χ0) is 25.8. The number of aliphatic hydroxyl groups is 1. The van der Waals surface area contributed by atoms with E-state index in [0.717, 1.165) is 25.7 Å². The van der Waals surface area contributed by atoms with E-state index >= 15 is 0 Å². The number of hydrogen-bond acceptors (Lipinski definition) is 5. The van der Waals surface area contributed by atoms with Crippen LogP contribution in [0, 0.1) is 10.8 Å².